The Balaban J connectivity index is 1.78. The van der Waals surface area contributed by atoms with Crippen LogP contribution in [0.25, 0.3) is 0 Å². The minimum atomic E-state index is 0.188. The number of anilines is 1. The fourth-order valence-electron chi connectivity index (χ4n) is 2.72. The molecule has 21 heavy (non-hydrogen) atoms. The van der Waals surface area contributed by atoms with Crippen molar-refractivity contribution < 1.29 is 9.53 Å². The van der Waals surface area contributed by atoms with Gasteiger partial charge in [0.2, 0.25) is 0 Å². The molecule has 0 radical (unpaired) electrons. The maximum atomic E-state index is 11.1. The lowest BCUT2D eigenvalue weighted by Gasteiger charge is -2.31. The molecular weight excluding hydrogens is 262 g/mol. The molecule has 3 heteroatoms. The quantitative estimate of drug-likeness (QED) is 0.862. The highest BCUT2D eigenvalue weighted by Gasteiger charge is 2.18. The lowest BCUT2D eigenvalue weighted by atomic mass is 10.1. The van der Waals surface area contributed by atoms with Crippen LogP contribution in [0.4, 0.5) is 5.69 Å². The van der Waals surface area contributed by atoms with E-state index in [2.05, 4.69) is 42.2 Å². The van der Waals surface area contributed by atoms with Crippen molar-refractivity contribution >= 4 is 11.5 Å². The van der Waals surface area contributed by atoms with Crippen LogP contribution < -0.4 is 9.64 Å². The second-order valence-electron chi connectivity index (χ2n) is 5.58. The third-order valence-electron chi connectivity index (χ3n) is 3.77. The highest BCUT2D eigenvalue weighted by atomic mass is 16.5. The number of benzene rings is 2. The van der Waals surface area contributed by atoms with Crippen LogP contribution >= 0.6 is 0 Å². The van der Waals surface area contributed by atoms with Gasteiger partial charge in [0.05, 0.1) is 0 Å². The van der Waals surface area contributed by atoms with E-state index in [4.69, 9.17) is 4.74 Å². The number of hydrogen-bond donors (Lipinski definition) is 0. The molecule has 108 valence electrons. The van der Waals surface area contributed by atoms with E-state index in [1.807, 2.05) is 12.1 Å². The van der Waals surface area contributed by atoms with Gasteiger partial charge in [-0.1, -0.05) is 30.3 Å². The van der Waals surface area contributed by atoms with Crippen LogP contribution in [0, 0.1) is 6.92 Å². The summed E-state index contributed by atoms with van der Waals surface area (Å²) in [6, 6.07) is 14.4. The van der Waals surface area contributed by atoms with Gasteiger partial charge in [0.25, 0.3) is 0 Å². The predicted molar refractivity (Wildman–Crippen MR) is 83.7 cm³/mol. The molecular formula is C18H19NO2. The molecule has 0 saturated carbocycles. The number of aryl methyl sites for hydroxylation is 1. The lowest BCUT2D eigenvalue weighted by molar-refractivity contribution is -0.116. The maximum Gasteiger partial charge on any atom is 0.161 e. The average Bonchev–Trinajstić information content (AvgIpc) is 2.47. The van der Waals surface area contributed by atoms with Crippen LogP contribution in [0.3, 0.4) is 0 Å². The van der Waals surface area contributed by atoms with Crippen molar-refractivity contribution in [1.82, 2.24) is 0 Å². The first-order valence-electron chi connectivity index (χ1n) is 7.18. The molecule has 1 aliphatic heterocycles. The molecule has 0 atom stereocenters. The zero-order valence-corrected chi connectivity index (χ0v) is 12.4. The summed E-state index contributed by atoms with van der Waals surface area (Å²) in [6.45, 7) is 5.10. The number of ketones is 1. The summed E-state index contributed by atoms with van der Waals surface area (Å²) < 4.78 is 5.89. The van der Waals surface area contributed by atoms with E-state index in [-0.39, 0.29) is 5.78 Å². The van der Waals surface area contributed by atoms with Gasteiger partial charge in [0.1, 0.15) is 11.5 Å². The number of carbonyl (C=O) groups is 1. The monoisotopic (exact) mass is 281 g/mol. The standard InChI is InChI=1S/C18H19NO2/c1-13-4-3-5-16-11-19(12-21-18(13)16)17-8-6-15(7-9-17)10-14(2)20/h3-9H,10-12H2,1-2H3. The summed E-state index contributed by atoms with van der Waals surface area (Å²) in [4.78, 5) is 13.3. The highest BCUT2D eigenvalue weighted by molar-refractivity contribution is 5.78. The molecule has 0 fully saturated rings. The highest BCUT2D eigenvalue weighted by Crippen LogP contribution is 2.30. The first kappa shape index (κ1) is 13.7. The van der Waals surface area contributed by atoms with Crippen molar-refractivity contribution in [2.75, 3.05) is 11.6 Å². The summed E-state index contributed by atoms with van der Waals surface area (Å²) in [6.07, 6.45) is 0.499. The zero-order valence-electron chi connectivity index (χ0n) is 12.4. The van der Waals surface area contributed by atoms with Crippen LogP contribution in [0.5, 0.6) is 5.75 Å². The molecule has 0 aromatic heterocycles. The molecule has 0 bridgehead atoms. The first-order valence-corrected chi connectivity index (χ1v) is 7.18. The van der Waals surface area contributed by atoms with Crippen molar-refractivity contribution in [3.8, 4) is 5.75 Å². The van der Waals surface area contributed by atoms with Crippen LogP contribution in [0.15, 0.2) is 42.5 Å². The Morgan fingerprint density at radius 1 is 1.19 bits per heavy atom. The summed E-state index contributed by atoms with van der Waals surface area (Å²) in [5.74, 6) is 1.20. The van der Waals surface area contributed by atoms with E-state index in [0.29, 0.717) is 13.2 Å². The van der Waals surface area contributed by atoms with E-state index < -0.39 is 0 Å². The van der Waals surface area contributed by atoms with Gasteiger partial charge in [-0.15, -0.1) is 0 Å². The van der Waals surface area contributed by atoms with E-state index in [1.54, 1.807) is 6.92 Å². The zero-order chi connectivity index (χ0) is 14.8. The molecule has 1 heterocycles. The van der Waals surface area contributed by atoms with Crippen LogP contribution in [0.2, 0.25) is 0 Å². The number of rotatable bonds is 3. The van der Waals surface area contributed by atoms with Gasteiger partial charge >= 0.3 is 0 Å². The minimum absolute atomic E-state index is 0.188. The van der Waals surface area contributed by atoms with Gasteiger partial charge in [-0.2, -0.15) is 0 Å². The number of hydrogen-bond acceptors (Lipinski definition) is 3. The predicted octanol–water partition coefficient (Wildman–Crippen LogP) is 3.48. The van der Waals surface area contributed by atoms with Gasteiger partial charge in [0.15, 0.2) is 6.73 Å². The number of Topliss-reactive ketones (excluding diaryl/α,β-unsaturated/α-hetero) is 1. The molecule has 0 saturated heterocycles. The van der Waals surface area contributed by atoms with Crippen LogP contribution in [-0.2, 0) is 17.8 Å². The average molecular weight is 281 g/mol. The fourth-order valence-corrected chi connectivity index (χ4v) is 2.72. The van der Waals surface area contributed by atoms with E-state index in [1.165, 1.54) is 11.1 Å². The molecule has 2 aromatic rings. The van der Waals surface area contributed by atoms with Crippen molar-refractivity contribution in [2.24, 2.45) is 0 Å². The lowest BCUT2D eigenvalue weighted by Crippen LogP contribution is -2.32. The molecule has 0 N–H and O–H groups in total. The van der Waals surface area contributed by atoms with E-state index in [0.717, 1.165) is 23.5 Å². The SMILES string of the molecule is CC(=O)Cc1ccc(N2COc3c(C)cccc3C2)cc1. The van der Waals surface area contributed by atoms with Crippen molar-refractivity contribution in [3.05, 3.63) is 59.2 Å². The fraction of sp³-hybridized carbons (Fsp3) is 0.278. The Labute approximate surface area is 125 Å². The molecule has 0 aliphatic carbocycles. The molecule has 3 nitrogen and oxygen atoms in total. The van der Waals surface area contributed by atoms with Crippen molar-refractivity contribution in [1.29, 1.82) is 0 Å². The van der Waals surface area contributed by atoms with Gasteiger partial charge in [-0.25, -0.2) is 0 Å². The number of para-hydroxylation sites is 1. The third-order valence-corrected chi connectivity index (χ3v) is 3.77. The Morgan fingerprint density at radius 3 is 2.67 bits per heavy atom. The van der Waals surface area contributed by atoms with Gasteiger partial charge in [-0.3, -0.25) is 4.79 Å². The summed E-state index contributed by atoms with van der Waals surface area (Å²) in [7, 11) is 0. The molecule has 0 unspecified atom stereocenters. The van der Waals surface area contributed by atoms with Gasteiger partial charge < -0.3 is 9.64 Å². The third kappa shape index (κ3) is 2.92. The molecule has 0 spiro atoms. The first-order chi connectivity index (χ1) is 10.1. The summed E-state index contributed by atoms with van der Waals surface area (Å²) in [5, 5.41) is 0. The smallest absolute Gasteiger partial charge is 0.161 e. The number of carbonyl (C=O) groups excluding carboxylic acids is 1. The van der Waals surface area contributed by atoms with Gasteiger partial charge in [0, 0.05) is 24.2 Å². The molecule has 2 aromatic carbocycles. The Hall–Kier alpha value is -2.29. The van der Waals surface area contributed by atoms with Crippen LogP contribution in [-0.4, -0.2) is 12.5 Å². The molecule has 3 rings (SSSR count). The maximum absolute atomic E-state index is 11.1. The molecule has 0 amide bonds. The minimum Gasteiger partial charge on any atom is -0.472 e. The van der Waals surface area contributed by atoms with Crippen molar-refractivity contribution in [2.45, 2.75) is 26.8 Å². The molecule has 1 aliphatic rings. The normalized spacial score (nSPS) is 13.5. The largest absolute Gasteiger partial charge is 0.472 e. The Kier molecular flexibility index (Phi) is 3.65. The van der Waals surface area contributed by atoms with Crippen molar-refractivity contribution in [3.63, 3.8) is 0 Å². The number of fused-ring (bicyclic) bond motifs is 1. The topological polar surface area (TPSA) is 29.5 Å². The number of ether oxygens (including phenoxy) is 1. The van der Waals surface area contributed by atoms with E-state index in [9.17, 15) is 4.79 Å². The second-order valence-corrected chi connectivity index (χ2v) is 5.58. The van der Waals surface area contributed by atoms with E-state index >= 15 is 0 Å². The van der Waals surface area contributed by atoms with Gasteiger partial charge in [-0.05, 0) is 37.1 Å². The summed E-state index contributed by atoms with van der Waals surface area (Å²) in [5.41, 5.74) is 4.58. The summed E-state index contributed by atoms with van der Waals surface area (Å²) >= 11 is 0. The Morgan fingerprint density at radius 2 is 1.95 bits per heavy atom. The Bertz CT molecular complexity index is 661. The number of nitrogens with zero attached hydrogens (tertiary/aromatic N) is 1. The van der Waals surface area contributed by atoms with Crippen LogP contribution in [0.1, 0.15) is 23.6 Å². The second kappa shape index (κ2) is 5.60.